The minimum Gasteiger partial charge on any atom is -0.434 e. The highest BCUT2D eigenvalue weighted by Gasteiger charge is 2.51. The molecule has 0 aliphatic heterocycles. The van der Waals surface area contributed by atoms with E-state index >= 15 is 0 Å². The Morgan fingerprint density at radius 2 is 1.68 bits per heavy atom. The van der Waals surface area contributed by atoms with Crippen LogP contribution in [-0.2, 0) is 9.47 Å². The summed E-state index contributed by atoms with van der Waals surface area (Å²) in [7, 11) is 0. The molecule has 0 aromatic rings. The molecule has 0 aromatic carbocycles. The predicted octanol–water partition coefficient (Wildman–Crippen LogP) is 3.71. The average Bonchev–Trinajstić information content (AvgIpc) is 2.32. The van der Waals surface area contributed by atoms with Crippen LogP contribution in [0.15, 0.2) is 0 Å². The van der Waals surface area contributed by atoms with Crippen molar-refractivity contribution >= 4 is 6.16 Å². The molecule has 3 nitrogen and oxygen atoms in total. The van der Waals surface area contributed by atoms with E-state index in [-0.39, 0.29) is 12.0 Å². The van der Waals surface area contributed by atoms with E-state index < -0.39 is 12.3 Å². The van der Waals surface area contributed by atoms with Crippen molar-refractivity contribution in [1.82, 2.24) is 0 Å². The Morgan fingerprint density at radius 3 is 2.16 bits per heavy atom. The first-order valence-electron chi connectivity index (χ1n) is 7.48. The fourth-order valence-electron chi connectivity index (χ4n) is 4.90. The molecule has 4 rings (SSSR count). The van der Waals surface area contributed by atoms with Crippen LogP contribution in [0, 0.1) is 23.2 Å². The lowest BCUT2D eigenvalue weighted by Gasteiger charge is -2.56. The fourth-order valence-corrected chi connectivity index (χ4v) is 4.90. The number of hydrogen-bond donors (Lipinski definition) is 0. The van der Waals surface area contributed by atoms with Crippen molar-refractivity contribution in [2.45, 2.75) is 51.6 Å². The predicted molar refractivity (Wildman–Crippen MR) is 68.5 cm³/mol. The van der Waals surface area contributed by atoms with E-state index in [2.05, 4.69) is 0 Å². The largest absolute Gasteiger partial charge is 0.508 e. The SMILES string of the molecule is CC(F)COC(=O)OCC12CC3CC(CC(C3)C1)C2. The van der Waals surface area contributed by atoms with Crippen LogP contribution >= 0.6 is 0 Å². The Morgan fingerprint density at radius 1 is 1.16 bits per heavy atom. The van der Waals surface area contributed by atoms with Crippen LogP contribution in [0.3, 0.4) is 0 Å². The number of rotatable bonds is 4. The topological polar surface area (TPSA) is 35.5 Å². The molecule has 4 aliphatic rings. The minimum atomic E-state index is -1.13. The number of carbonyl (C=O) groups excluding carboxylic acids is 1. The third-order valence-electron chi connectivity index (χ3n) is 5.09. The summed E-state index contributed by atoms with van der Waals surface area (Å²) >= 11 is 0. The van der Waals surface area contributed by atoms with Crippen LogP contribution in [0.4, 0.5) is 9.18 Å². The summed E-state index contributed by atoms with van der Waals surface area (Å²) in [6, 6.07) is 0. The van der Waals surface area contributed by atoms with E-state index in [1.165, 1.54) is 45.4 Å². The third kappa shape index (κ3) is 2.87. The molecule has 4 saturated carbocycles. The van der Waals surface area contributed by atoms with Crippen molar-refractivity contribution in [3.8, 4) is 0 Å². The molecule has 4 bridgehead atoms. The summed E-state index contributed by atoms with van der Waals surface area (Å²) in [5, 5.41) is 0. The first-order chi connectivity index (χ1) is 9.05. The second kappa shape index (κ2) is 4.95. The highest BCUT2D eigenvalue weighted by molar-refractivity contribution is 5.59. The van der Waals surface area contributed by atoms with E-state index in [4.69, 9.17) is 9.47 Å². The zero-order valence-electron chi connectivity index (χ0n) is 11.6. The maximum Gasteiger partial charge on any atom is 0.508 e. The van der Waals surface area contributed by atoms with Gasteiger partial charge >= 0.3 is 6.16 Å². The van der Waals surface area contributed by atoms with Crippen LogP contribution in [0.5, 0.6) is 0 Å². The molecule has 4 fully saturated rings. The Kier molecular flexibility index (Phi) is 3.44. The number of halogens is 1. The molecule has 0 aromatic heterocycles. The van der Waals surface area contributed by atoms with Crippen molar-refractivity contribution in [2.24, 2.45) is 23.2 Å². The molecular formula is C15H23FO3. The summed E-state index contributed by atoms with van der Waals surface area (Å²) in [6.45, 7) is 1.63. The van der Waals surface area contributed by atoms with Crippen LogP contribution in [-0.4, -0.2) is 25.5 Å². The van der Waals surface area contributed by atoms with E-state index in [0.29, 0.717) is 6.61 Å². The molecular weight excluding hydrogens is 247 g/mol. The lowest BCUT2D eigenvalue weighted by Crippen LogP contribution is -2.48. The molecule has 108 valence electrons. The molecule has 0 N–H and O–H groups in total. The number of hydrogen-bond acceptors (Lipinski definition) is 3. The van der Waals surface area contributed by atoms with Gasteiger partial charge in [0.15, 0.2) is 0 Å². The molecule has 0 spiro atoms. The van der Waals surface area contributed by atoms with Crippen molar-refractivity contribution in [3.05, 3.63) is 0 Å². The molecule has 1 atom stereocenters. The third-order valence-corrected chi connectivity index (χ3v) is 5.09. The monoisotopic (exact) mass is 270 g/mol. The van der Waals surface area contributed by atoms with Gasteiger partial charge in [0.1, 0.15) is 19.4 Å². The molecule has 0 amide bonds. The molecule has 0 heterocycles. The minimum absolute atomic E-state index is 0.203. The number of carbonyl (C=O) groups is 1. The van der Waals surface area contributed by atoms with Gasteiger partial charge in [-0.25, -0.2) is 9.18 Å². The van der Waals surface area contributed by atoms with Gasteiger partial charge in [0.05, 0.1) is 0 Å². The summed E-state index contributed by atoms with van der Waals surface area (Å²) in [5.74, 6) is 2.53. The normalized spacial score (nSPS) is 41.1. The van der Waals surface area contributed by atoms with Crippen LogP contribution in [0.25, 0.3) is 0 Å². The van der Waals surface area contributed by atoms with E-state index in [1.54, 1.807) is 0 Å². The van der Waals surface area contributed by atoms with Gasteiger partial charge in [-0.1, -0.05) is 0 Å². The first kappa shape index (κ1) is 13.2. The second-order valence-corrected chi connectivity index (χ2v) is 7.05. The van der Waals surface area contributed by atoms with Gasteiger partial charge in [-0.05, 0) is 63.2 Å². The summed E-state index contributed by atoms with van der Waals surface area (Å²) in [5.41, 5.74) is 0.203. The van der Waals surface area contributed by atoms with Gasteiger partial charge in [0.25, 0.3) is 0 Å². The Bertz CT molecular complexity index is 318. The zero-order chi connectivity index (χ0) is 13.5. The molecule has 0 radical (unpaired) electrons. The van der Waals surface area contributed by atoms with Crippen molar-refractivity contribution in [1.29, 1.82) is 0 Å². The van der Waals surface area contributed by atoms with Crippen LogP contribution in [0.1, 0.15) is 45.4 Å². The average molecular weight is 270 g/mol. The van der Waals surface area contributed by atoms with E-state index in [1.807, 2.05) is 0 Å². The molecule has 19 heavy (non-hydrogen) atoms. The fraction of sp³-hybridized carbons (Fsp3) is 0.933. The maximum absolute atomic E-state index is 12.6. The maximum atomic E-state index is 12.6. The first-order valence-corrected chi connectivity index (χ1v) is 7.48. The lowest BCUT2D eigenvalue weighted by atomic mass is 9.50. The summed E-state index contributed by atoms with van der Waals surface area (Å²) in [4.78, 5) is 11.4. The Labute approximate surface area is 113 Å². The second-order valence-electron chi connectivity index (χ2n) is 7.05. The van der Waals surface area contributed by atoms with Gasteiger partial charge in [-0.2, -0.15) is 0 Å². The lowest BCUT2D eigenvalue weighted by molar-refractivity contribution is -0.0906. The van der Waals surface area contributed by atoms with Crippen molar-refractivity contribution < 1.29 is 18.7 Å². The number of alkyl halides is 1. The highest BCUT2D eigenvalue weighted by Crippen LogP contribution is 2.60. The molecule has 4 heteroatoms. The molecule has 4 aliphatic carbocycles. The quantitative estimate of drug-likeness (QED) is 0.730. The highest BCUT2D eigenvalue weighted by atomic mass is 19.1. The van der Waals surface area contributed by atoms with E-state index in [9.17, 15) is 9.18 Å². The van der Waals surface area contributed by atoms with Gasteiger partial charge < -0.3 is 9.47 Å². The van der Waals surface area contributed by atoms with Crippen molar-refractivity contribution in [2.75, 3.05) is 13.2 Å². The van der Waals surface area contributed by atoms with Gasteiger partial charge in [0.2, 0.25) is 0 Å². The summed E-state index contributed by atoms with van der Waals surface area (Å²) < 4.78 is 22.6. The summed E-state index contributed by atoms with van der Waals surface area (Å²) in [6.07, 6.45) is 5.89. The Balaban J connectivity index is 1.51. The molecule has 0 saturated heterocycles. The zero-order valence-corrected chi connectivity index (χ0v) is 11.6. The smallest absolute Gasteiger partial charge is 0.434 e. The Hall–Kier alpha value is -0.800. The number of ether oxygens (including phenoxy) is 2. The standard InChI is InChI=1S/C15H23FO3/c1-10(16)8-18-14(17)19-9-15-5-11-2-12(6-15)4-13(3-11)7-15/h10-13H,2-9H2,1H3. The van der Waals surface area contributed by atoms with Gasteiger partial charge in [0, 0.05) is 5.41 Å². The van der Waals surface area contributed by atoms with Gasteiger partial charge in [-0.3, -0.25) is 0 Å². The van der Waals surface area contributed by atoms with E-state index in [0.717, 1.165) is 17.8 Å². The van der Waals surface area contributed by atoms with Gasteiger partial charge in [-0.15, -0.1) is 0 Å². The van der Waals surface area contributed by atoms with Crippen LogP contribution in [0.2, 0.25) is 0 Å². The van der Waals surface area contributed by atoms with Crippen molar-refractivity contribution in [3.63, 3.8) is 0 Å². The molecule has 1 unspecified atom stereocenters. The van der Waals surface area contributed by atoms with Crippen LogP contribution < -0.4 is 0 Å².